The summed E-state index contributed by atoms with van der Waals surface area (Å²) >= 11 is 1.55. The van der Waals surface area contributed by atoms with Gasteiger partial charge in [0, 0.05) is 29.8 Å². The third-order valence-corrected chi connectivity index (χ3v) is 6.16. The quantitative estimate of drug-likeness (QED) is 0.925. The van der Waals surface area contributed by atoms with Crippen LogP contribution in [0.2, 0.25) is 0 Å². The number of benzene rings is 1. The lowest BCUT2D eigenvalue weighted by atomic mass is 9.76. The second-order valence-corrected chi connectivity index (χ2v) is 7.48. The molecule has 0 bridgehead atoms. The number of nitrogens with zero attached hydrogens (tertiary/aromatic N) is 1. The molecule has 4 nitrogen and oxygen atoms in total. The number of hydrogen-bond donors (Lipinski definition) is 1. The number of carbonyl (C=O) groups excluding carboxylic acids is 1. The molecule has 0 saturated carbocycles. The molecule has 116 valence electrons. The fraction of sp³-hybridized carbons (Fsp3) is 0.471. The molecule has 2 atom stereocenters. The molecule has 2 saturated heterocycles. The Hall–Kier alpha value is -1.43. The van der Waals surface area contributed by atoms with E-state index in [4.69, 9.17) is 4.74 Å². The maximum Gasteiger partial charge on any atom is 0.263 e. The van der Waals surface area contributed by atoms with E-state index in [1.807, 2.05) is 35.2 Å². The molecule has 0 spiro atoms. The highest BCUT2D eigenvalue weighted by molar-refractivity contribution is 7.20. The van der Waals surface area contributed by atoms with Gasteiger partial charge in [0.1, 0.15) is 0 Å². The van der Waals surface area contributed by atoms with Crippen molar-refractivity contribution in [3.8, 4) is 0 Å². The summed E-state index contributed by atoms with van der Waals surface area (Å²) < 4.78 is 6.71. The Bertz CT molecular complexity index is 680. The van der Waals surface area contributed by atoms with Crippen molar-refractivity contribution >= 4 is 27.3 Å². The molecule has 22 heavy (non-hydrogen) atoms. The van der Waals surface area contributed by atoms with E-state index in [-0.39, 0.29) is 17.9 Å². The zero-order valence-electron chi connectivity index (χ0n) is 12.3. The van der Waals surface area contributed by atoms with E-state index >= 15 is 0 Å². The first-order valence-corrected chi connectivity index (χ1v) is 8.50. The van der Waals surface area contributed by atoms with Crippen molar-refractivity contribution in [3.63, 3.8) is 0 Å². The summed E-state index contributed by atoms with van der Waals surface area (Å²) in [6.07, 6.45) is 0.927. The lowest BCUT2D eigenvalue weighted by Crippen LogP contribution is -2.43. The van der Waals surface area contributed by atoms with Gasteiger partial charge in [0.25, 0.3) is 5.91 Å². The van der Waals surface area contributed by atoms with E-state index in [9.17, 15) is 9.90 Å². The topological polar surface area (TPSA) is 49.8 Å². The van der Waals surface area contributed by atoms with Crippen molar-refractivity contribution < 1.29 is 14.6 Å². The molecule has 2 aliphatic rings. The Morgan fingerprint density at radius 1 is 1.45 bits per heavy atom. The normalized spacial score (nSPS) is 28.0. The van der Waals surface area contributed by atoms with Crippen LogP contribution >= 0.6 is 11.3 Å². The summed E-state index contributed by atoms with van der Waals surface area (Å²) in [6.45, 7) is 2.72. The van der Waals surface area contributed by atoms with Crippen LogP contribution in [0.4, 0.5) is 0 Å². The fourth-order valence-electron chi connectivity index (χ4n) is 3.72. The second-order valence-electron chi connectivity index (χ2n) is 6.39. The van der Waals surface area contributed by atoms with Crippen LogP contribution in [-0.2, 0) is 4.74 Å². The van der Waals surface area contributed by atoms with Gasteiger partial charge in [0.05, 0.1) is 18.1 Å². The van der Waals surface area contributed by atoms with Gasteiger partial charge >= 0.3 is 0 Å². The summed E-state index contributed by atoms with van der Waals surface area (Å²) in [4.78, 5) is 15.5. The van der Waals surface area contributed by atoms with Crippen LogP contribution in [0.1, 0.15) is 16.1 Å². The molecule has 1 aromatic carbocycles. The van der Waals surface area contributed by atoms with Crippen molar-refractivity contribution in [2.45, 2.75) is 6.42 Å². The molecular weight excluding hydrogens is 298 g/mol. The first-order chi connectivity index (χ1) is 10.7. The van der Waals surface area contributed by atoms with Crippen LogP contribution in [0.15, 0.2) is 30.3 Å². The van der Waals surface area contributed by atoms with Gasteiger partial charge in [-0.05, 0) is 29.9 Å². The van der Waals surface area contributed by atoms with E-state index in [2.05, 4.69) is 0 Å². The van der Waals surface area contributed by atoms with Gasteiger partial charge in [-0.25, -0.2) is 0 Å². The lowest BCUT2D eigenvalue weighted by molar-refractivity contribution is -0.0556. The van der Waals surface area contributed by atoms with Crippen LogP contribution in [-0.4, -0.2) is 48.8 Å². The largest absolute Gasteiger partial charge is 0.396 e. The van der Waals surface area contributed by atoms with E-state index in [0.29, 0.717) is 19.1 Å². The molecule has 3 heterocycles. The van der Waals surface area contributed by atoms with Gasteiger partial charge < -0.3 is 14.7 Å². The van der Waals surface area contributed by atoms with Gasteiger partial charge in [0.2, 0.25) is 0 Å². The van der Waals surface area contributed by atoms with Crippen molar-refractivity contribution in [1.82, 2.24) is 4.90 Å². The molecule has 0 aliphatic carbocycles. The Labute approximate surface area is 133 Å². The summed E-state index contributed by atoms with van der Waals surface area (Å²) in [5.74, 6) is 0.438. The number of amides is 1. The van der Waals surface area contributed by atoms with Crippen LogP contribution in [0.3, 0.4) is 0 Å². The van der Waals surface area contributed by atoms with Gasteiger partial charge in [-0.3, -0.25) is 4.79 Å². The molecule has 2 aromatic rings. The number of aliphatic hydroxyl groups is 1. The van der Waals surface area contributed by atoms with E-state index in [0.717, 1.165) is 34.5 Å². The average molecular weight is 317 g/mol. The minimum Gasteiger partial charge on any atom is -0.396 e. The maximum absolute atomic E-state index is 12.8. The molecular formula is C17H19NO3S. The Morgan fingerprint density at radius 3 is 3.09 bits per heavy atom. The van der Waals surface area contributed by atoms with Crippen molar-refractivity contribution in [2.75, 3.05) is 32.9 Å². The summed E-state index contributed by atoms with van der Waals surface area (Å²) in [7, 11) is 0. The number of fused-ring (bicyclic) bond motifs is 2. The van der Waals surface area contributed by atoms with Crippen LogP contribution < -0.4 is 0 Å². The molecule has 5 heteroatoms. The predicted octanol–water partition coefficient (Wildman–Crippen LogP) is 2.37. The summed E-state index contributed by atoms with van der Waals surface area (Å²) in [6, 6.07) is 10.0. The number of aliphatic hydroxyl groups excluding tert-OH is 1. The fourth-order valence-corrected chi connectivity index (χ4v) is 4.75. The smallest absolute Gasteiger partial charge is 0.263 e. The predicted molar refractivity (Wildman–Crippen MR) is 86.2 cm³/mol. The van der Waals surface area contributed by atoms with Gasteiger partial charge in [-0.1, -0.05) is 18.2 Å². The molecule has 1 aromatic heterocycles. The van der Waals surface area contributed by atoms with Crippen molar-refractivity contribution in [1.29, 1.82) is 0 Å². The molecule has 1 amide bonds. The Morgan fingerprint density at radius 2 is 2.32 bits per heavy atom. The zero-order chi connectivity index (χ0) is 15.2. The Balaban J connectivity index is 1.60. The minimum absolute atomic E-state index is 0.0865. The molecule has 2 aliphatic heterocycles. The standard InChI is InChI=1S/C17H19NO3S/c19-10-17-9-18(8-13(17)5-6-21-11-17)16(20)15-7-12-3-1-2-4-14(12)22-15/h1-4,7,13,19H,5-6,8-11H2/t13-,17+/m0/s1. The number of hydrogen-bond acceptors (Lipinski definition) is 4. The van der Waals surface area contributed by atoms with Gasteiger partial charge in [-0.2, -0.15) is 0 Å². The average Bonchev–Trinajstić information content (AvgIpc) is 3.15. The third kappa shape index (κ3) is 2.16. The zero-order valence-corrected chi connectivity index (χ0v) is 13.1. The number of likely N-dealkylation sites (tertiary alicyclic amines) is 1. The van der Waals surface area contributed by atoms with Crippen LogP contribution in [0, 0.1) is 11.3 Å². The van der Waals surface area contributed by atoms with Crippen molar-refractivity contribution in [2.24, 2.45) is 11.3 Å². The highest BCUT2D eigenvalue weighted by Crippen LogP contribution is 2.42. The number of rotatable bonds is 2. The molecule has 4 rings (SSSR count). The van der Waals surface area contributed by atoms with Gasteiger partial charge in [-0.15, -0.1) is 11.3 Å². The Kier molecular flexibility index (Phi) is 3.44. The highest BCUT2D eigenvalue weighted by atomic mass is 32.1. The summed E-state index contributed by atoms with van der Waals surface area (Å²) in [5, 5.41) is 10.9. The third-order valence-electron chi connectivity index (χ3n) is 5.05. The molecule has 2 fully saturated rings. The first kappa shape index (κ1) is 14.2. The first-order valence-electron chi connectivity index (χ1n) is 7.68. The maximum atomic E-state index is 12.8. The number of ether oxygens (including phenoxy) is 1. The monoisotopic (exact) mass is 317 g/mol. The number of thiophene rings is 1. The van der Waals surface area contributed by atoms with E-state index < -0.39 is 0 Å². The van der Waals surface area contributed by atoms with Crippen LogP contribution in [0.5, 0.6) is 0 Å². The molecule has 0 radical (unpaired) electrons. The summed E-state index contributed by atoms with van der Waals surface area (Å²) in [5.41, 5.74) is -0.259. The highest BCUT2D eigenvalue weighted by Gasteiger charge is 2.49. The number of carbonyl (C=O) groups is 1. The van der Waals surface area contributed by atoms with E-state index in [1.54, 1.807) is 11.3 Å². The lowest BCUT2D eigenvalue weighted by Gasteiger charge is -2.36. The molecule has 0 unspecified atom stereocenters. The second kappa shape index (κ2) is 5.33. The SMILES string of the molecule is O=C(c1cc2ccccc2s1)N1C[C@@H]2CCOC[C@]2(CO)C1. The van der Waals surface area contributed by atoms with Crippen LogP contribution in [0.25, 0.3) is 10.1 Å². The van der Waals surface area contributed by atoms with Gasteiger partial charge in [0.15, 0.2) is 0 Å². The molecule has 1 N–H and O–H groups in total. The minimum atomic E-state index is -0.259. The van der Waals surface area contributed by atoms with Crippen molar-refractivity contribution in [3.05, 3.63) is 35.2 Å². The van der Waals surface area contributed by atoms with E-state index in [1.165, 1.54) is 0 Å².